The molecule has 0 atom stereocenters. The predicted octanol–water partition coefficient (Wildman–Crippen LogP) is 4.79. The number of aromatic nitrogens is 6. The van der Waals surface area contributed by atoms with Crippen molar-refractivity contribution in [2.75, 3.05) is 5.73 Å². The lowest BCUT2D eigenvalue weighted by atomic mass is 10.0. The van der Waals surface area contributed by atoms with Crippen LogP contribution in [0.25, 0.3) is 43.3 Å². The Morgan fingerprint density at radius 3 is 2.78 bits per heavy atom. The fourth-order valence-electron chi connectivity index (χ4n) is 3.92. The van der Waals surface area contributed by atoms with Gasteiger partial charge in [0.25, 0.3) is 5.91 Å². The molecular weight excluding hydrogens is 504 g/mol. The summed E-state index contributed by atoms with van der Waals surface area (Å²) in [5.41, 5.74) is 9.56. The Morgan fingerprint density at radius 1 is 1.05 bits per heavy atom. The van der Waals surface area contributed by atoms with E-state index in [2.05, 4.69) is 25.4 Å². The molecule has 1 aromatic carbocycles. The quantitative estimate of drug-likeness (QED) is 0.321. The van der Waals surface area contributed by atoms with E-state index >= 15 is 0 Å². The maximum Gasteiger partial charge on any atom is 0.274 e. The van der Waals surface area contributed by atoms with Gasteiger partial charge in [0, 0.05) is 41.5 Å². The Labute approximate surface area is 219 Å². The number of rotatable bonds is 6. The summed E-state index contributed by atoms with van der Waals surface area (Å²) in [6.45, 7) is 0.259. The molecule has 6 rings (SSSR count). The number of aryl methyl sites for hydroxylation is 1. The van der Waals surface area contributed by atoms with Gasteiger partial charge in [-0.15, -0.1) is 22.7 Å². The van der Waals surface area contributed by atoms with Gasteiger partial charge in [0.2, 0.25) is 0 Å². The largest absolute Gasteiger partial charge is 0.382 e. The van der Waals surface area contributed by atoms with Crippen molar-refractivity contribution in [1.29, 1.82) is 0 Å². The van der Waals surface area contributed by atoms with Crippen molar-refractivity contribution in [3.8, 4) is 32.4 Å². The van der Waals surface area contributed by atoms with Crippen LogP contribution in [-0.2, 0) is 13.6 Å². The van der Waals surface area contributed by atoms with Crippen LogP contribution in [0.15, 0.2) is 72.5 Å². The lowest BCUT2D eigenvalue weighted by molar-refractivity contribution is 0.0946. The molecule has 0 saturated heterocycles. The summed E-state index contributed by atoms with van der Waals surface area (Å²) >= 11 is 3.19. The second kappa shape index (κ2) is 9.52. The van der Waals surface area contributed by atoms with Gasteiger partial charge < -0.3 is 11.1 Å². The first-order valence-electron chi connectivity index (χ1n) is 11.3. The Bertz CT molecular complexity index is 1740. The minimum absolute atomic E-state index is 0.0303. The molecule has 3 N–H and O–H groups in total. The molecule has 5 heterocycles. The predicted molar refractivity (Wildman–Crippen MR) is 146 cm³/mol. The van der Waals surface area contributed by atoms with E-state index in [1.807, 2.05) is 73.4 Å². The summed E-state index contributed by atoms with van der Waals surface area (Å²) in [4.78, 5) is 33.5. The number of nitrogens with two attached hydrogens (primary N) is 1. The summed E-state index contributed by atoms with van der Waals surface area (Å²) < 4.78 is 1.68. The first-order valence-corrected chi connectivity index (χ1v) is 13.0. The molecule has 0 radical (unpaired) electrons. The first kappa shape index (κ1) is 23.0. The number of nitrogen functional groups attached to an aromatic ring is 1. The van der Waals surface area contributed by atoms with E-state index in [-0.39, 0.29) is 18.1 Å². The molecule has 9 nitrogen and oxygen atoms in total. The van der Waals surface area contributed by atoms with Gasteiger partial charge in [-0.1, -0.05) is 18.2 Å². The number of pyridine rings is 1. The summed E-state index contributed by atoms with van der Waals surface area (Å²) in [5.74, 6) is -0.392. The highest BCUT2D eigenvalue weighted by Gasteiger charge is 2.21. The number of anilines is 1. The molecule has 1 amide bonds. The number of amides is 1. The van der Waals surface area contributed by atoms with Crippen LogP contribution < -0.4 is 11.1 Å². The molecule has 6 aromatic rings. The average Bonchev–Trinajstić information content (AvgIpc) is 3.69. The topological polar surface area (TPSA) is 124 Å². The van der Waals surface area contributed by atoms with Crippen molar-refractivity contribution >= 4 is 45.3 Å². The van der Waals surface area contributed by atoms with Gasteiger partial charge in [0.1, 0.15) is 16.4 Å². The molecule has 0 aliphatic rings. The summed E-state index contributed by atoms with van der Waals surface area (Å²) in [6.07, 6.45) is 5.39. The number of nitrogens with one attached hydrogen (secondary N) is 1. The molecule has 5 aromatic heterocycles. The standard InChI is InChI=1S/C26H20N8OS2/c1-34-10-8-18(33-34)23-22(16-6-7-17-15(12-16)4-2-9-28-17)31-24(25(27)32-23)26(35)30-14-21-29-13-20(37-21)19-5-3-11-36-19/h2-13H,14H2,1H3,(H2,27,32)(H,30,35). The number of carbonyl (C=O) groups excluding carboxylic acids is 1. The Balaban J connectivity index is 1.35. The lowest BCUT2D eigenvalue weighted by Gasteiger charge is -2.12. The van der Waals surface area contributed by atoms with Crippen molar-refractivity contribution in [1.82, 2.24) is 35.0 Å². The van der Waals surface area contributed by atoms with E-state index in [9.17, 15) is 4.79 Å². The zero-order valence-electron chi connectivity index (χ0n) is 19.6. The number of thiazole rings is 1. The van der Waals surface area contributed by atoms with E-state index in [0.29, 0.717) is 17.1 Å². The van der Waals surface area contributed by atoms with E-state index in [1.54, 1.807) is 22.2 Å². The van der Waals surface area contributed by atoms with Crippen LogP contribution in [0.3, 0.4) is 0 Å². The SMILES string of the molecule is Cn1ccc(-c2nc(N)c(C(=O)NCc3ncc(-c4cccs4)s3)nc2-c2ccc3ncccc3c2)n1. The Morgan fingerprint density at radius 2 is 1.97 bits per heavy atom. The van der Waals surface area contributed by atoms with Crippen LogP contribution in [0.1, 0.15) is 15.5 Å². The fraction of sp³-hybridized carbons (Fsp3) is 0.0769. The monoisotopic (exact) mass is 524 g/mol. The molecule has 0 spiro atoms. The normalized spacial score (nSPS) is 11.2. The van der Waals surface area contributed by atoms with Gasteiger partial charge in [0.05, 0.1) is 22.6 Å². The van der Waals surface area contributed by atoms with Gasteiger partial charge in [0.15, 0.2) is 11.5 Å². The fourth-order valence-corrected chi connectivity index (χ4v) is 5.60. The molecule has 0 fully saturated rings. The summed E-state index contributed by atoms with van der Waals surface area (Å²) in [6, 6.07) is 15.5. The van der Waals surface area contributed by atoms with Crippen LogP contribution in [-0.4, -0.2) is 35.6 Å². The highest BCUT2D eigenvalue weighted by molar-refractivity contribution is 7.21. The van der Waals surface area contributed by atoms with Gasteiger partial charge in [-0.2, -0.15) is 5.10 Å². The number of carbonyl (C=O) groups is 1. The molecule has 0 aliphatic heterocycles. The van der Waals surface area contributed by atoms with Crippen LogP contribution in [0, 0.1) is 0 Å². The number of thiophene rings is 1. The number of fused-ring (bicyclic) bond motifs is 1. The van der Waals surface area contributed by atoms with Crippen LogP contribution in [0.5, 0.6) is 0 Å². The summed E-state index contributed by atoms with van der Waals surface area (Å²) in [7, 11) is 1.83. The van der Waals surface area contributed by atoms with Gasteiger partial charge in [-0.3, -0.25) is 14.5 Å². The van der Waals surface area contributed by atoms with Crippen molar-refractivity contribution in [2.24, 2.45) is 7.05 Å². The zero-order chi connectivity index (χ0) is 25.4. The first-order chi connectivity index (χ1) is 18.0. The third-order valence-corrected chi connectivity index (χ3v) is 7.75. The van der Waals surface area contributed by atoms with E-state index in [1.165, 1.54) is 11.3 Å². The molecule has 0 bridgehead atoms. The molecule has 11 heteroatoms. The minimum Gasteiger partial charge on any atom is -0.382 e. The second-order valence-corrected chi connectivity index (χ2v) is 10.3. The number of hydrogen-bond acceptors (Lipinski definition) is 9. The molecule has 0 aliphatic carbocycles. The second-order valence-electron chi connectivity index (χ2n) is 8.22. The van der Waals surface area contributed by atoms with Crippen LogP contribution in [0.2, 0.25) is 0 Å². The van der Waals surface area contributed by atoms with Crippen molar-refractivity contribution in [3.63, 3.8) is 0 Å². The Hall–Kier alpha value is -4.48. The lowest BCUT2D eigenvalue weighted by Crippen LogP contribution is -2.25. The third-order valence-electron chi connectivity index (χ3n) is 5.69. The Kier molecular flexibility index (Phi) is 5.91. The van der Waals surface area contributed by atoms with Gasteiger partial charge in [-0.05, 0) is 35.7 Å². The highest BCUT2D eigenvalue weighted by atomic mass is 32.1. The van der Waals surface area contributed by atoms with Crippen molar-refractivity contribution < 1.29 is 4.79 Å². The third kappa shape index (κ3) is 4.57. The maximum absolute atomic E-state index is 13.2. The summed E-state index contributed by atoms with van der Waals surface area (Å²) in [5, 5.41) is 11.1. The smallest absolute Gasteiger partial charge is 0.274 e. The molecule has 0 unspecified atom stereocenters. The number of hydrogen-bond donors (Lipinski definition) is 2. The van der Waals surface area contributed by atoms with Gasteiger partial charge in [-0.25, -0.2) is 15.0 Å². The molecule has 37 heavy (non-hydrogen) atoms. The molecule has 182 valence electrons. The van der Waals surface area contributed by atoms with Gasteiger partial charge >= 0.3 is 0 Å². The molecule has 0 saturated carbocycles. The molecular formula is C26H20N8OS2. The van der Waals surface area contributed by atoms with Crippen LogP contribution in [0.4, 0.5) is 5.82 Å². The van der Waals surface area contributed by atoms with E-state index in [4.69, 9.17) is 10.7 Å². The zero-order valence-corrected chi connectivity index (χ0v) is 21.3. The van der Waals surface area contributed by atoms with E-state index in [0.717, 1.165) is 31.2 Å². The maximum atomic E-state index is 13.2. The number of nitrogens with zero attached hydrogens (tertiary/aromatic N) is 6. The van der Waals surface area contributed by atoms with Crippen molar-refractivity contribution in [2.45, 2.75) is 6.54 Å². The average molecular weight is 525 g/mol. The highest BCUT2D eigenvalue weighted by Crippen LogP contribution is 2.32. The minimum atomic E-state index is -0.422. The van der Waals surface area contributed by atoms with Crippen molar-refractivity contribution in [3.05, 3.63) is 83.2 Å². The number of benzene rings is 1. The van der Waals surface area contributed by atoms with E-state index < -0.39 is 5.91 Å². The van der Waals surface area contributed by atoms with Crippen LogP contribution >= 0.6 is 22.7 Å².